The van der Waals surface area contributed by atoms with Gasteiger partial charge in [0.15, 0.2) is 0 Å². The van der Waals surface area contributed by atoms with Gasteiger partial charge in [-0.2, -0.15) is 0 Å². The molecule has 1 atom stereocenters. The summed E-state index contributed by atoms with van der Waals surface area (Å²) in [6, 6.07) is 7.48. The minimum absolute atomic E-state index is 0.0382. The summed E-state index contributed by atoms with van der Waals surface area (Å²) < 4.78 is 5.43. The summed E-state index contributed by atoms with van der Waals surface area (Å²) in [5.41, 5.74) is 0. The Balaban J connectivity index is 1.96. The molecular weight excluding hydrogens is 372 g/mol. The van der Waals surface area contributed by atoms with Gasteiger partial charge in [0, 0.05) is 9.75 Å². The Kier molecular flexibility index (Phi) is 8.43. The van der Waals surface area contributed by atoms with E-state index in [1.165, 1.54) is 0 Å². The number of carbonyl (C=O) groups excluding carboxylic acids is 1. The van der Waals surface area contributed by atoms with Crippen LogP contribution in [-0.4, -0.2) is 34.8 Å². The monoisotopic (exact) mass is 396 g/mol. The highest BCUT2D eigenvalue weighted by Gasteiger charge is 2.20. The quantitative estimate of drug-likeness (QED) is 0.606. The van der Waals surface area contributed by atoms with Crippen molar-refractivity contribution < 1.29 is 19.4 Å². The Morgan fingerprint density at radius 2 is 1.81 bits per heavy atom. The van der Waals surface area contributed by atoms with Crippen molar-refractivity contribution in [2.24, 2.45) is 0 Å². The van der Waals surface area contributed by atoms with Crippen LogP contribution in [0.15, 0.2) is 35.0 Å². The minimum Gasteiger partial charge on any atom is -0.465 e. The number of thiophene rings is 2. The van der Waals surface area contributed by atoms with Crippen molar-refractivity contribution in [2.45, 2.75) is 45.3 Å². The third kappa shape index (κ3) is 7.05. The lowest BCUT2D eigenvalue weighted by atomic mass is 10.1. The first-order valence-corrected chi connectivity index (χ1v) is 10.3. The van der Waals surface area contributed by atoms with E-state index in [2.05, 4.69) is 5.32 Å². The third-order valence-corrected chi connectivity index (χ3v) is 5.48. The highest BCUT2D eigenvalue weighted by molar-refractivity contribution is 7.10. The Hall–Kier alpha value is -2.06. The third-order valence-electron chi connectivity index (χ3n) is 3.75. The summed E-state index contributed by atoms with van der Waals surface area (Å²) >= 11 is 3.18. The van der Waals surface area contributed by atoms with Crippen LogP contribution in [-0.2, 0) is 17.8 Å². The Labute approximate surface area is 161 Å². The molecule has 0 fully saturated rings. The number of rotatable bonds is 10. The molecule has 0 saturated carbocycles. The van der Waals surface area contributed by atoms with Crippen LogP contribution in [0, 0.1) is 0 Å². The zero-order valence-electron chi connectivity index (χ0n) is 14.7. The van der Waals surface area contributed by atoms with Crippen LogP contribution in [0.1, 0.15) is 35.9 Å². The minimum atomic E-state index is -1.10. The van der Waals surface area contributed by atoms with E-state index >= 15 is 0 Å². The summed E-state index contributed by atoms with van der Waals surface area (Å²) in [6.45, 7) is 3.02. The Bertz CT molecular complexity index is 623. The summed E-state index contributed by atoms with van der Waals surface area (Å²) in [4.78, 5) is 27.3. The van der Waals surface area contributed by atoms with Crippen LogP contribution < -0.4 is 5.32 Å². The van der Waals surface area contributed by atoms with Gasteiger partial charge in [-0.15, -0.1) is 22.7 Å². The van der Waals surface area contributed by atoms with Gasteiger partial charge in [0.25, 0.3) is 0 Å². The molecule has 0 aliphatic carbocycles. The van der Waals surface area contributed by atoms with Gasteiger partial charge in [0.2, 0.25) is 0 Å². The van der Waals surface area contributed by atoms with Crippen molar-refractivity contribution in [2.75, 3.05) is 6.61 Å². The number of nitrogens with one attached hydrogen (secondary N) is 1. The van der Waals surface area contributed by atoms with Crippen LogP contribution in [0.4, 0.5) is 9.59 Å². The van der Waals surface area contributed by atoms with Gasteiger partial charge in [0.1, 0.15) is 6.61 Å². The lowest BCUT2D eigenvalue weighted by Crippen LogP contribution is -2.40. The Morgan fingerprint density at radius 3 is 2.27 bits per heavy atom. The maximum atomic E-state index is 12.6. The molecule has 142 valence electrons. The first-order valence-electron chi connectivity index (χ1n) is 8.54. The van der Waals surface area contributed by atoms with Gasteiger partial charge in [-0.1, -0.05) is 31.9 Å². The fraction of sp³-hybridized carbons (Fsp3) is 0.444. The predicted octanol–water partition coefficient (Wildman–Crippen LogP) is 4.77. The molecule has 2 heterocycles. The molecule has 2 amide bonds. The average Bonchev–Trinajstić information content (AvgIpc) is 3.30. The molecule has 0 aliphatic heterocycles. The van der Waals surface area contributed by atoms with Gasteiger partial charge < -0.3 is 15.2 Å². The van der Waals surface area contributed by atoms with Gasteiger partial charge in [0.05, 0.1) is 19.1 Å². The molecule has 0 saturated heterocycles. The summed E-state index contributed by atoms with van der Waals surface area (Å²) in [5.74, 6) is 0. The average molecular weight is 397 g/mol. The zero-order valence-corrected chi connectivity index (χ0v) is 16.4. The highest BCUT2D eigenvalue weighted by atomic mass is 32.1. The molecule has 8 heteroatoms. The van der Waals surface area contributed by atoms with E-state index in [0.717, 1.165) is 22.6 Å². The first-order chi connectivity index (χ1) is 12.6. The summed E-state index contributed by atoms with van der Waals surface area (Å²) in [7, 11) is 0. The molecule has 2 aromatic heterocycles. The molecule has 2 rings (SSSR count). The summed E-state index contributed by atoms with van der Waals surface area (Å²) in [5, 5.41) is 15.3. The van der Waals surface area contributed by atoms with Crippen molar-refractivity contribution >= 4 is 34.9 Å². The topological polar surface area (TPSA) is 78.9 Å². The number of hydrogen-bond acceptors (Lipinski definition) is 5. The van der Waals surface area contributed by atoms with E-state index in [9.17, 15) is 9.59 Å². The van der Waals surface area contributed by atoms with Gasteiger partial charge in [-0.3, -0.25) is 4.90 Å². The highest BCUT2D eigenvalue weighted by Crippen LogP contribution is 2.18. The number of unbranched alkanes of at least 4 members (excludes halogenated alkanes) is 1. The number of amides is 2. The van der Waals surface area contributed by atoms with E-state index in [0.29, 0.717) is 19.5 Å². The molecule has 0 unspecified atom stereocenters. The second-order valence-corrected chi connectivity index (χ2v) is 7.94. The predicted molar refractivity (Wildman–Crippen MR) is 104 cm³/mol. The van der Waals surface area contributed by atoms with Gasteiger partial charge in [-0.05, 0) is 29.3 Å². The van der Waals surface area contributed by atoms with Gasteiger partial charge >= 0.3 is 12.2 Å². The first kappa shape index (κ1) is 20.3. The summed E-state index contributed by atoms with van der Waals surface area (Å²) in [6.07, 6.45) is 0.939. The van der Waals surface area contributed by atoms with Crippen LogP contribution >= 0.6 is 22.7 Å². The van der Waals surface area contributed by atoms with E-state index in [-0.39, 0.29) is 12.6 Å². The molecule has 0 radical (unpaired) electrons. The standard InChI is InChI=1S/C18H24N2O4S2/c1-2-3-6-14(19-17(21)22)13-24-18(23)20(11-15-7-4-9-25-15)12-16-8-5-10-26-16/h4-5,7-10,14,19H,2-3,6,11-13H2,1H3,(H,21,22)/t14-/m0/s1. The van der Waals surface area contributed by atoms with E-state index < -0.39 is 12.2 Å². The van der Waals surface area contributed by atoms with E-state index in [1.807, 2.05) is 41.9 Å². The van der Waals surface area contributed by atoms with Crippen molar-refractivity contribution in [3.63, 3.8) is 0 Å². The number of ether oxygens (including phenoxy) is 1. The molecule has 6 nitrogen and oxygen atoms in total. The molecule has 0 bridgehead atoms. The van der Waals surface area contributed by atoms with Crippen molar-refractivity contribution in [1.29, 1.82) is 0 Å². The fourth-order valence-corrected chi connectivity index (χ4v) is 3.89. The largest absolute Gasteiger partial charge is 0.465 e. The molecule has 26 heavy (non-hydrogen) atoms. The lowest BCUT2D eigenvalue weighted by Gasteiger charge is -2.23. The van der Waals surface area contributed by atoms with Crippen LogP contribution in [0.25, 0.3) is 0 Å². The molecular formula is C18H24N2O4S2. The van der Waals surface area contributed by atoms with E-state index in [4.69, 9.17) is 9.84 Å². The van der Waals surface area contributed by atoms with Crippen molar-refractivity contribution in [3.8, 4) is 0 Å². The zero-order chi connectivity index (χ0) is 18.8. The SMILES string of the molecule is CCCC[C@@H](COC(=O)N(Cc1cccs1)Cc1cccs1)NC(=O)O. The Morgan fingerprint density at radius 1 is 1.19 bits per heavy atom. The number of hydrogen-bond donors (Lipinski definition) is 2. The molecule has 0 aliphatic rings. The molecule has 2 aromatic rings. The van der Waals surface area contributed by atoms with Crippen LogP contribution in [0.3, 0.4) is 0 Å². The molecule has 2 N–H and O–H groups in total. The fourth-order valence-electron chi connectivity index (χ4n) is 2.45. The number of nitrogens with zero attached hydrogens (tertiary/aromatic N) is 1. The second kappa shape index (κ2) is 10.8. The lowest BCUT2D eigenvalue weighted by molar-refractivity contribution is 0.0863. The van der Waals surface area contributed by atoms with Gasteiger partial charge in [-0.25, -0.2) is 9.59 Å². The van der Waals surface area contributed by atoms with Crippen LogP contribution in [0.5, 0.6) is 0 Å². The van der Waals surface area contributed by atoms with E-state index in [1.54, 1.807) is 27.6 Å². The number of carbonyl (C=O) groups is 2. The maximum absolute atomic E-state index is 12.6. The number of carboxylic acid groups (broad SMARTS) is 1. The second-order valence-electron chi connectivity index (χ2n) is 5.88. The normalized spacial score (nSPS) is 11.7. The van der Waals surface area contributed by atoms with Crippen molar-refractivity contribution in [3.05, 3.63) is 44.8 Å². The van der Waals surface area contributed by atoms with Crippen molar-refractivity contribution in [1.82, 2.24) is 10.2 Å². The smallest absolute Gasteiger partial charge is 0.410 e. The molecule has 0 spiro atoms. The van der Waals surface area contributed by atoms with Crippen LogP contribution in [0.2, 0.25) is 0 Å². The maximum Gasteiger partial charge on any atom is 0.410 e. The molecule has 0 aromatic carbocycles.